The lowest BCUT2D eigenvalue weighted by molar-refractivity contribution is -0.184. The molecule has 0 aromatic carbocycles. The molecule has 6 atom stereocenters. The van der Waals surface area contributed by atoms with Crippen molar-refractivity contribution in [1.29, 1.82) is 0 Å². The standard InChI is InChI=1S/C31H50O6/c1-4-5-6-7-8-9-10-11-12-13-14-15-28(33)37-26-17-23(3)31(36)25(19-26)18-24(21-32)20-30(35)27(31)16-22(2)29(30)34/h16,18,23,25-27,32,35-36H,4-15,17,19-21H2,1-3H3. The number of hydrogen-bond donors (Lipinski definition) is 3. The molecule has 3 N–H and O–H groups in total. The molecule has 0 heterocycles. The second kappa shape index (κ2) is 13.5. The summed E-state index contributed by atoms with van der Waals surface area (Å²) in [6, 6.07) is 0. The number of Topliss-reactive ketones (excluding diaryl/α,β-unsaturated/α-hetero) is 1. The van der Waals surface area contributed by atoms with E-state index in [1.165, 1.54) is 51.4 Å². The van der Waals surface area contributed by atoms with E-state index in [9.17, 15) is 24.9 Å². The van der Waals surface area contributed by atoms with E-state index in [1.54, 1.807) is 13.0 Å². The molecular formula is C31H50O6. The molecule has 0 aromatic heterocycles. The zero-order valence-electron chi connectivity index (χ0n) is 23.3. The molecule has 3 aliphatic carbocycles. The highest BCUT2D eigenvalue weighted by Crippen LogP contribution is 2.54. The maximum Gasteiger partial charge on any atom is 0.306 e. The fraction of sp³-hybridized carbons (Fsp3) is 0.806. The van der Waals surface area contributed by atoms with Gasteiger partial charge in [0.2, 0.25) is 0 Å². The molecule has 0 bridgehead atoms. The van der Waals surface area contributed by atoms with Gasteiger partial charge in [-0.2, -0.15) is 0 Å². The topological polar surface area (TPSA) is 104 Å². The molecule has 6 unspecified atom stereocenters. The lowest BCUT2D eigenvalue weighted by atomic mass is 9.60. The highest BCUT2D eigenvalue weighted by Gasteiger charge is 2.63. The lowest BCUT2D eigenvalue weighted by Gasteiger charge is -2.50. The molecule has 0 aromatic rings. The van der Waals surface area contributed by atoms with Crippen molar-refractivity contribution in [3.05, 3.63) is 23.3 Å². The number of esters is 1. The molecule has 0 radical (unpaired) electrons. The average Bonchev–Trinajstić information content (AvgIpc) is 3.03. The van der Waals surface area contributed by atoms with E-state index in [0.29, 0.717) is 30.4 Å². The second-order valence-electron chi connectivity index (χ2n) is 12.0. The summed E-state index contributed by atoms with van der Waals surface area (Å²) in [7, 11) is 0. The Labute approximate surface area is 223 Å². The minimum Gasteiger partial charge on any atom is -0.462 e. The van der Waals surface area contributed by atoms with E-state index in [-0.39, 0.29) is 36.8 Å². The summed E-state index contributed by atoms with van der Waals surface area (Å²) in [5.41, 5.74) is -2.09. The zero-order valence-corrected chi connectivity index (χ0v) is 23.3. The van der Waals surface area contributed by atoms with Crippen LogP contribution in [0.2, 0.25) is 0 Å². The van der Waals surface area contributed by atoms with Gasteiger partial charge < -0.3 is 20.1 Å². The van der Waals surface area contributed by atoms with Gasteiger partial charge in [0.1, 0.15) is 11.7 Å². The van der Waals surface area contributed by atoms with Gasteiger partial charge in [-0.3, -0.25) is 9.59 Å². The van der Waals surface area contributed by atoms with Gasteiger partial charge in [0, 0.05) is 24.7 Å². The fourth-order valence-corrected chi connectivity index (χ4v) is 6.98. The number of fused-ring (bicyclic) bond motifs is 3. The van der Waals surface area contributed by atoms with Gasteiger partial charge in [-0.1, -0.05) is 90.2 Å². The Morgan fingerprint density at radius 1 is 0.973 bits per heavy atom. The number of carbonyl (C=O) groups is 2. The number of aliphatic hydroxyl groups excluding tert-OH is 1. The number of ketones is 1. The summed E-state index contributed by atoms with van der Waals surface area (Å²) in [4.78, 5) is 25.4. The van der Waals surface area contributed by atoms with Crippen LogP contribution in [-0.4, -0.2) is 51.0 Å². The van der Waals surface area contributed by atoms with Crippen molar-refractivity contribution in [3.63, 3.8) is 0 Å². The minimum atomic E-state index is -1.74. The van der Waals surface area contributed by atoms with Crippen molar-refractivity contribution in [2.45, 2.75) is 134 Å². The molecule has 37 heavy (non-hydrogen) atoms. The molecule has 0 aliphatic heterocycles. The third-order valence-corrected chi connectivity index (χ3v) is 9.12. The molecule has 3 aliphatic rings. The maximum atomic E-state index is 12.8. The predicted octanol–water partition coefficient (Wildman–Crippen LogP) is 5.58. The Morgan fingerprint density at radius 3 is 2.16 bits per heavy atom. The van der Waals surface area contributed by atoms with Crippen molar-refractivity contribution in [1.82, 2.24) is 0 Å². The van der Waals surface area contributed by atoms with E-state index < -0.39 is 23.0 Å². The van der Waals surface area contributed by atoms with Crippen LogP contribution in [0.5, 0.6) is 0 Å². The maximum absolute atomic E-state index is 12.8. The third-order valence-electron chi connectivity index (χ3n) is 9.12. The van der Waals surface area contributed by atoms with Crippen LogP contribution in [0.4, 0.5) is 0 Å². The largest absolute Gasteiger partial charge is 0.462 e. The summed E-state index contributed by atoms with van der Waals surface area (Å²) in [5, 5.41) is 33.3. The van der Waals surface area contributed by atoms with Crippen LogP contribution in [0.15, 0.2) is 23.3 Å². The smallest absolute Gasteiger partial charge is 0.306 e. The van der Waals surface area contributed by atoms with Gasteiger partial charge >= 0.3 is 5.97 Å². The summed E-state index contributed by atoms with van der Waals surface area (Å²) < 4.78 is 5.85. The molecule has 0 saturated heterocycles. The number of hydrogen-bond acceptors (Lipinski definition) is 6. The van der Waals surface area contributed by atoms with Crippen LogP contribution in [0.25, 0.3) is 0 Å². The number of unbranched alkanes of at least 4 members (excludes halogenated alkanes) is 10. The molecule has 0 amide bonds. The summed E-state index contributed by atoms with van der Waals surface area (Å²) in [5.74, 6) is -2.04. The normalized spacial score (nSPS) is 33.3. The Bertz CT molecular complexity index is 847. The second-order valence-corrected chi connectivity index (χ2v) is 12.0. The van der Waals surface area contributed by atoms with E-state index in [2.05, 4.69) is 6.92 Å². The highest BCUT2D eigenvalue weighted by atomic mass is 16.5. The molecule has 6 nitrogen and oxygen atoms in total. The lowest BCUT2D eigenvalue weighted by Crippen LogP contribution is -2.60. The molecule has 3 rings (SSSR count). The first-order valence-corrected chi connectivity index (χ1v) is 14.8. The first-order valence-electron chi connectivity index (χ1n) is 14.8. The third kappa shape index (κ3) is 6.93. The van der Waals surface area contributed by atoms with E-state index in [1.807, 2.05) is 13.0 Å². The van der Waals surface area contributed by atoms with Gasteiger partial charge in [0.15, 0.2) is 5.78 Å². The number of carbonyl (C=O) groups excluding carboxylic acids is 2. The van der Waals surface area contributed by atoms with Crippen LogP contribution < -0.4 is 0 Å². The van der Waals surface area contributed by atoms with Crippen molar-refractivity contribution in [3.8, 4) is 0 Å². The van der Waals surface area contributed by atoms with Crippen LogP contribution in [0.1, 0.15) is 117 Å². The Balaban J connectivity index is 1.47. The first kappa shape index (κ1) is 30.0. The van der Waals surface area contributed by atoms with E-state index >= 15 is 0 Å². The molecule has 1 saturated carbocycles. The van der Waals surface area contributed by atoms with Gasteiger partial charge in [0.25, 0.3) is 0 Å². The van der Waals surface area contributed by atoms with Gasteiger partial charge in [-0.15, -0.1) is 0 Å². The van der Waals surface area contributed by atoms with Gasteiger partial charge in [-0.05, 0) is 43.3 Å². The Morgan fingerprint density at radius 2 is 1.57 bits per heavy atom. The van der Waals surface area contributed by atoms with Crippen LogP contribution in [-0.2, 0) is 14.3 Å². The van der Waals surface area contributed by atoms with Crippen molar-refractivity contribution in [2.24, 2.45) is 17.8 Å². The highest BCUT2D eigenvalue weighted by molar-refractivity contribution is 6.04. The molecule has 6 heteroatoms. The molecule has 210 valence electrons. The summed E-state index contributed by atoms with van der Waals surface area (Å²) in [6.07, 6.45) is 18.0. The first-order chi connectivity index (χ1) is 17.7. The number of aliphatic hydroxyl groups is 3. The zero-order chi connectivity index (χ0) is 27.1. The molecule has 1 fully saturated rings. The quantitative estimate of drug-likeness (QED) is 0.158. The van der Waals surface area contributed by atoms with Crippen LogP contribution in [0, 0.1) is 17.8 Å². The SMILES string of the molecule is CCCCCCCCCCCCCC(=O)OC1CC(C)C2(O)C(C=C(CO)CC3(O)C(=O)C(C)=CC32)C1. The molecule has 0 spiro atoms. The average molecular weight is 519 g/mol. The Kier molecular flexibility index (Phi) is 11.0. The van der Waals surface area contributed by atoms with Gasteiger partial charge in [-0.25, -0.2) is 0 Å². The molecular weight excluding hydrogens is 468 g/mol. The number of ether oxygens (including phenoxy) is 1. The monoisotopic (exact) mass is 518 g/mol. The van der Waals surface area contributed by atoms with E-state index in [0.717, 1.165) is 19.3 Å². The van der Waals surface area contributed by atoms with Crippen LogP contribution >= 0.6 is 0 Å². The van der Waals surface area contributed by atoms with E-state index in [4.69, 9.17) is 4.74 Å². The van der Waals surface area contributed by atoms with Gasteiger partial charge in [0.05, 0.1) is 12.2 Å². The van der Waals surface area contributed by atoms with Crippen LogP contribution in [0.3, 0.4) is 0 Å². The van der Waals surface area contributed by atoms with Crippen molar-refractivity contribution >= 4 is 11.8 Å². The Hall–Kier alpha value is -1.50. The summed E-state index contributed by atoms with van der Waals surface area (Å²) >= 11 is 0. The number of rotatable bonds is 14. The van der Waals surface area contributed by atoms with Crippen molar-refractivity contribution in [2.75, 3.05) is 6.61 Å². The predicted molar refractivity (Wildman–Crippen MR) is 145 cm³/mol. The summed E-state index contributed by atoms with van der Waals surface area (Å²) in [6.45, 7) is 5.53. The fourth-order valence-electron chi connectivity index (χ4n) is 6.98. The van der Waals surface area contributed by atoms with Crippen molar-refractivity contribution < 1.29 is 29.6 Å². The minimum absolute atomic E-state index is 0.00960.